The molecule has 5 atom stereocenters. The van der Waals surface area contributed by atoms with Crippen LogP contribution in [0, 0.1) is 29.1 Å². The molecule has 0 aliphatic heterocycles. The van der Waals surface area contributed by atoms with Crippen molar-refractivity contribution in [3.8, 4) is 11.8 Å². The minimum absolute atomic E-state index is 0.0732. The summed E-state index contributed by atoms with van der Waals surface area (Å²) in [6, 6.07) is 8.48. The van der Waals surface area contributed by atoms with Gasteiger partial charge in [0, 0.05) is 25.2 Å². The monoisotopic (exact) mass is 429 g/mol. The number of carbonyl (C=O) groups is 1. The van der Waals surface area contributed by atoms with Crippen molar-refractivity contribution in [3.63, 3.8) is 0 Å². The van der Waals surface area contributed by atoms with E-state index < -0.39 is 5.60 Å². The second kappa shape index (κ2) is 7.63. The van der Waals surface area contributed by atoms with E-state index >= 15 is 0 Å². The molecule has 3 heteroatoms. The summed E-state index contributed by atoms with van der Waals surface area (Å²) >= 11 is 0. The van der Waals surface area contributed by atoms with Gasteiger partial charge in [-0.3, -0.25) is 4.79 Å². The van der Waals surface area contributed by atoms with Gasteiger partial charge in [-0.15, -0.1) is 5.92 Å². The molecule has 0 aromatic heterocycles. The Morgan fingerprint density at radius 1 is 1.09 bits per heavy atom. The molecule has 2 saturated carbocycles. The van der Waals surface area contributed by atoms with Gasteiger partial charge in [0.2, 0.25) is 0 Å². The third-order valence-electron chi connectivity index (χ3n) is 9.14. The Labute approximate surface area is 192 Å². The third-order valence-corrected chi connectivity index (χ3v) is 9.14. The summed E-state index contributed by atoms with van der Waals surface area (Å²) in [6.45, 7) is 4.12. The molecule has 1 N–H and O–H groups in total. The van der Waals surface area contributed by atoms with Crippen LogP contribution < -0.4 is 4.90 Å². The number of hydrogen-bond acceptors (Lipinski definition) is 3. The molecule has 3 nitrogen and oxygen atoms in total. The van der Waals surface area contributed by atoms with E-state index in [-0.39, 0.29) is 17.1 Å². The van der Waals surface area contributed by atoms with E-state index in [1.54, 1.807) is 5.57 Å². The van der Waals surface area contributed by atoms with Crippen LogP contribution in [0.3, 0.4) is 0 Å². The van der Waals surface area contributed by atoms with Crippen molar-refractivity contribution in [1.29, 1.82) is 0 Å². The van der Waals surface area contributed by atoms with Crippen LogP contribution in [-0.4, -0.2) is 30.6 Å². The lowest BCUT2D eigenvalue weighted by Crippen LogP contribution is -2.49. The Kier molecular flexibility index (Phi) is 5.13. The molecule has 2 unspecified atom stereocenters. The topological polar surface area (TPSA) is 40.5 Å². The second-order valence-electron chi connectivity index (χ2n) is 10.8. The Morgan fingerprint density at radius 2 is 1.84 bits per heavy atom. The van der Waals surface area contributed by atoms with Crippen LogP contribution in [0.4, 0.5) is 5.69 Å². The highest BCUT2D eigenvalue weighted by Gasteiger charge is 2.60. The minimum Gasteiger partial charge on any atom is -0.378 e. The molecule has 4 aliphatic rings. The molecule has 0 amide bonds. The lowest BCUT2D eigenvalue weighted by Gasteiger charge is -2.50. The summed E-state index contributed by atoms with van der Waals surface area (Å²) in [5.74, 6) is 7.39. The van der Waals surface area contributed by atoms with Crippen LogP contribution in [0.15, 0.2) is 47.1 Å². The van der Waals surface area contributed by atoms with Gasteiger partial charge < -0.3 is 10.0 Å². The summed E-state index contributed by atoms with van der Waals surface area (Å²) in [7, 11) is 4.08. The van der Waals surface area contributed by atoms with E-state index in [1.165, 1.54) is 11.1 Å². The number of allylic oxidation sites excluding steroid dienone is 4. The average molecular weight is 430 g/mol. The zero-order valence-corrected chi connectivity index (χ0v) is 19.9. The summed E-state index contributed by atoms with van der Waals surface area (Å²) in [5.41, 5.74) is 5.63. The average Bonchev–Trinajstić information content (AvgIpc) is 3.04. The van der Waals surface area contributed by atoms with Crippen molar-refractivity contribution in [2.24, 2.45) is 17.3 Å². The van der Waals surface area contributed by atoms with Gasteiger partial charge in [0.1, 0.15) is 5.60 Å². The predicted octanol–water partition coefficient (Wildman–Crippen LogP) is 5.41. The van der Waals surface area contributed by atoms with Gasteiger partial charge in [0.25, 0.3) is 0 Å². The maximum absolute atomic E-state index is 13.1. The van der Waals surface area contributed by atoms with E-state index in [9.17, 15) is 9.90 Å². The van der Waals surface area contributed by atoms with Gasteiger partial charge in [-0.25, -0.2) is 0 Å². The van der Waals surface area contributed by atoms with Crippen LogP contribution in [-0.2, 0) is 4.79 Å². The number of benzene rings is 1. The summed E-state index contributed by atoms with van der Waals surface area (Å²) in [5, 5.41) is 11.4. The zero-order chi connectivity index (χ0) is 22.7. The SMILES string of the molecule is CC#CC1(O)CC[C@H]2[C@@H]3CCC4=CC(=O)C(c5ccc(N(C)C)cc5)CC4=C3CC[C@@]21C. The van der Waals surface area contributed by atoms with Crippen LogP contribution in [0.25, 0.3) is 0 Å². The van der Waals surface area contributed by atoms with E-state index in [2.05, 4.69) is 47.9 Å². The van der Waals surface area contributed by atoms with Gasteiger partial charge in [-0.05, 0) is 98.6 Å². The van der Waals surface area contributed by atoms with E-state index in [4.69, 9.17) is 0 Å². The summed E-state index contributed by atoms with van der Waals surface area (Å²) in [6.07, 6.45) is 8.74. The lowest BCUT2D eigenvalue weighted by atomic mass is 9.55. The molecule has 0 spiro atoms. The predicted molar refractivity (Wildman–Crippen MR) is 129 cm³/mol. The largest absolute Gasteiger partial charge is 0.378 e. The maximum Gasteiger partial charge on any atom is 0.163 e. The first-order chi connectivity index (χ1) is 15.3. The normalized spacial score (nSPS) is 35.8. The molecule has 1 aromatic rings. The molecule has 1 aromatic carbocycles. The minimum atomic E-state index is -0.849. The van der Waals surface area contributed by atoms with Crippen molar-refractivity contribution in [3.05, 3.63) is 52.6 Å². The highest BCUT2D eigenvalue weighted by Crippen LogP contribution is 2.63. The number of fused-ring (bicyclic) bond motifs is 4. The molecule has 0 heterocycles. The number of aliphatic hydroxyl groups is 1. The fourth-order valence-corrected chi connectivity index (χ4v) is 7.25. The first kappa shape index (κ1) is 21.5. The maximum atomic E-state index is 13.1. The Hall–Kier alpha value is -2.31. The fourth-order valence-electron chi connectivity index (χ4n) is 7.25. The molecule has 5 rings (SSSR count). The van der Waals surface area contributed by atoms with Crippen molar-refractivity contribution in [2.45, 2.75) is 70.3 Å². The molecular weight excluding hydrogens is 394 g/mol. The molecule has 0 saturated heterocycles. The van der Waals surface area contributed by atoms with Crippen molar-refractivity contribution in [2.75, 3.05) is 19.0 Å². The van der Waals surface area contributed by atoms with Gasteiger partial charge >= 0.3 is 0 Å². The molecule has 32 heavy (non-hydrogen) atoms. The third kappa shape index (κ3) is 3.11. The number of ketones is 1. The van der Waals surface area contributed by atoms with Crippen LogP contribution in [0.2, 0.25) is 0 Å². The molecule has 0 bridgehead atoms. The fraction of sp³-hybridized carbons (Fsp3) is 0.552. The van der Waals surface area contributed by atoms with Gasteiger partial charge in [0.05, 0.1) is 5.92 Å². The van der Waals surface area contributed by atoms with Gasteiger partial charge in [-0.1, -0.05) is 30.6 Å². The van der Waals surface area contributed by atoms with Crippen molar-refractivity contribution < 1.29 is 9.90 Å². The smallest absolute Gasteiger partial charge is 0.163 e. The Balaban J connectivity index is 1.48. The van der Waals surface area contributed by atoms with Crippen LogP contribution >= 0.6 is 0 Å². The number of hydrogen-bond donors (Lipinski definition) is 1. The van der Waals surface area contributed by atoms with E-state index in [0.717, 1.165) is 56.2 Å². The summed E-state index contributed by atoms with van der Waals surface area (Å²) < 4.78 is 0. The quantitative estimate of drug-likeness (QED) is 0.640. The van der Waals surface area contributed by atoms with E-state index in [1.807, 2.05) is 27.1 Å². The van der Waals surface area contributed by atoms with Gasteiger partial charge in [0.15, 0.2) is 5.78 Å². The zero-order valence-electron chi connectivity index (χ0n) is 19.9. The first-order valence-corrected chi connectivity index (χ1v) is 12.2. The highest BCUT2D eigenvalue weighted by atomic mass is 16.3. The number of carbonyl (C=O) groups excluding carboxylic acids is 1. The van der Waals surface area contributed by atoms with Crippen LogP contribution in [0.5, 0.6) is 0 Å². The number of rotatable bonds is 2. The molecular formula is C29H35NO2. The standard InChI is InChI=1S/C29H35NO2/c1-5-14-29(32)16-13-26-23-11-8-20-17-27(31)25(19-6-9-21(10-7-19)30(3)4)18-24(20)22(23)12-15-28(26,29)2/h6-7,9-10,17,23,25-26,32H,8,11-13,15-16,18H2,1-4H3/t23-,25?,26+,28+,29?/m1/s1. The summed E-state index contributed by atoms with van der Waals surface area (Å²) in [4.78, 5) is 15.2. The Morgan fingerprint density at radius 3 is 2.53 bits per heavy atom. The molecule has 168 valence electrons. The van der Waals surface area contributed by atoms with Gasteiger partial charge in [-0.2, -0.15) is 0 Å². The molecule has 0 radical (unpaired) electrons. The molecule has 2 fully saturated rings. The van der Waals surface area contributed by atoms with Crippen LogP contribution in [0.1, 0.15) is 70.3 Å². The number of nitrogens with zero attached hydrogens (tertiary/aromatic N) is 1. The second-order valence-corrected chi connectivity index (χ2v) is 10.8. The number of anilines is 1. The van der Waals surface area contributed by atoms with Crippen molar-refractivity contribution in [1.82, 2.24) is 0 Å². The molecule has 4 aliphatic carbocycles. The van der Waals surface area contributed by atoms with E-state index in [0.29, 0.717) is 11.8 Å². The lowest BCUT2D eigenvalue weighted by molar-refractivity contribution is -0.116. The first-order valence-electron chi connectivity index (χ1n) is 12.2. The highest BCUT2D eigenvalue weighted by molar-refractivity contribution is 5.98. The van der Waals surface area contributed by atoms with Crippen molar-refractivity contribution >= 4 is 11.5 Å². The Bertz CT molecular complexity index is 1070.